The summed E-state index contributed by atoms with van der Waals surface area (Å²) in [5.74, 6) is -0.815. The molecule has 0 radical (unpaired) electrons. The van der Waals surface area contributed by atoms with Crippen molar-refractivity contribution < 1.29 is 18.8 Å². The highest BCUT2D eigenvalue weighted by molar-refractivity contribution is 6.04. The summed E-state index contributed by atoms with van der Waals surface area (Å²) in [6.07, 6.45) is 1.39. The zero-order valence-corrected chi connectivity index (χ0v) is 21.8. The lowest BCUT2D eigenvalue weighted by Gasteiger charge is -2.34. The van der Waals surface area contributed by atoms with Gasteiger partial charge in [-0.15, -0.1) is 0 Å². The zero-order chi connectivity index (χ0) is 26.5. The van der Waals surface area contributed by atoms with E-state index < -0.39 is 23.4 Å². The van der Waals surface area contributed by atoms with Gasteiger partial charge in [-0.3, -0.25) is 19.3 Å². The van der Waals surface area contributed by atoms with Gasteiger partial charge < -0.3 is 15.1 Å². The first kappa shape index (κ1) is 26.7. The molecule has 7 heteroatoms. The molecule has 3 rings (SSSR count). The molecule has 2 N–H and O–H groups in total. The Bertz CT molecular complexity index is 1170. The average molecular weight is 490 g/mol. The van der Waals surface area contributed by atoms with Crippen molar-refractivity contribution in [2.24, 2.45) is 0 Å². The first-order valence-corrected chi connectivity index (χ1v) is 12.1. The van der Waals surface area contributed by atoms with E-state index in [2.05, 4.69) is 24.5 Å². The van der Waals surface area contributed by atoms with Gasteiger partial charge in [-0.25, -0.2) is 0 Å². The maximum atomic E-state index is 13.7. The van der Waals surface area contributed by atoms with Gasteiger partial charge in [-0.05, 0) is 69.0 Å². The van der Waals surface area contributed by atoms with Crippen molar-refractivity contribution in [3.63, 3.8) is 0 Å². The Labute approximate surface area is 212 Å². The molecule has 0 aliphatic heterocycles. The Morgan fingerprint density at radius 3 is 2.06 bits per heavy atom. The number of aryl methyl sites for hydroxylation is 1. The van der Waals surface area contributed by atoms with E-state index in [-0.39, 0.29) is 18.2 Å². The molecule has 0 aliphatic rings. The van der Waals surface area contributed by atoms with Gasteiger partial charge in [0, 0.05) is 11.2 Å². The predicted molar refractivity (Wildman–Crippen MR) is 141 cm³/mol. The number of amides is 3. The lowest BCUT2D eigenvalue weighted by molar-refractivity contribution is -0.127. The molecule has 1 heterocycles. The van der Waals surface area contributed by atoms with Crippen molar-refractivity contribution in [3.05, 3.63) is 89.4 Å². The maximum absolute atomic E-state index is 13.7. The van der Waals surface area contributed by atoms with Crippen LogP contribution in [0.5, 0.6) is 0 Å². The maximum Gasteiger partial charge on any atom is 0.287 e. The van der Waals surface area contributed by atoms with Crippen molar-refractivity contribution in [1.82, 2.24) is 10.6 Å². The molecule has 0 aliphatic carbocycles. The number of hydrogen-bond acceptors (Lipinski definition) is 4. The van der Waals surface area contributed by atoms with Crippen LogP contribution >= 0.6 is 0 Å². The lowest BCUT2D eigenvalue weighted by atomic mass is 9.96. The van der Waals surface area contributed by atoms with Crippen LogP contribution in [0, 0.1) is 6.92 Å². The van der Waals surface area contributed by atoms with Gasteiger partial charge in [0.15, 0.2) is 5.76 Å². The van der Waals surface area contributed by atoms with E-state index in [0.717, 1.165) is 11.1 Å². The van der Waals surface area contributed by atoms with E-state index in [9.17, 15) is 14.4 Å². The first-order chi connectivity index (χ1) is 17.0. The fraction of sp³-hybridized carbons (Fsp3) is 0.345. The van der Waals surface area contributed by atoms with Gasteiger partial charge in [0.2, 0.25) is 11.8 Å². The minimum Gasteiger partial charge on any atom is -0.459 e. The summed E-state index contributed by atoms with van der Waals surface area (Å²) >= 11 is 0. The third-order valence-corrected chi connectivity index (χ3v) is 5.65. The summed E-state index contributed by atoms with van der Waals surface area (Å²) < 4.78 is 5.13. The fourth-order valence-corrected chi connectivity index (χ4v) is 3.80. The highest BCUT2D eigenvalue weighted by Gasteiger charge is 2.34. The minimum absolute atomic E-state index is 0.107. The second-order valence-electron chi connectivity index (χ2n) is 10.2. The van der Waals surface area contributed by atoms with Crippen LogP contribution in [0.3, 0.4) is 0 Å². The van der Waals surface area contributed by atoms with Crippen molar-refractivity contribution >= 4 is 23.4 Å². The van der Waals surface area contributed by atoms with Crippen LogP contribution in [0.1, 0.15) is 73.8 Å². The summed E-state index contributed by atoms with van der Waals surface area (Å²) in [6, 6.07) is 17.3. The molecule has 0 bridgehead atoms. The standard InChI is InChI=1S/C29H35N3O4/c1-19(2)21-11-13-22(14-12-21)26(28(35)31-29(4,5)6)32(23-15-9-20(3)10-16-23)25(33)18-30-27(34)24-8-7-17-36-24/h7-17,19,26H,18H2,1-6H3,(H,30,34)(H,31,35). The number of nitrogens with zero attached hydrogens (tertiary/aromatic N) is 1. The number of furan rings is 1. The normalized spacial score (nSPS) is 12.2. The predicted octanol–water partition coefficient (Wildman–Crippen LogP) is 5.13. The summed E-state index contributed by atoms with van der Waals surface area (Å²) in [4.78, 5) is 41.2. The van der Waals surface area contributed by atoms with Crippen molar-refractivity contribution in [1.29, 1.82) is 0 Å². The largest absolute Gasteiger partial charge is 0.459 e. The SMILES string of the molecule is Cc1ccc(N(C(=O)CNC(=O)c2ccco2)C(C(=O)NC(C)(C)C)c2ccc(C(C)C)cc2)cc1. The molecule has 7 nitrogen and oxygen atoms in total. The second-order valence-corrected chi connectivity index (χ2v) is 10.2. The molecule has 3 amide bonds. The summed E-state index contributed by atoms with van der Waals surface area (Å²) in [5.41, 5.74) is 2.87. The summed E-state index contributed by atoms with van der Waals surface area (Å²) in [5, 5.41) is 5.63. The Kier molecular flexibility index (Phi) is 8.35. The van der Waals surface area contributed by atoms with Gasteiger partial charge in [0.25, 0.3) is 5.91 Å². The Morgan fingerprint density at radius 2 is 1.53 bits per heavy atom. The number of hydrogen-bond donors (Lipinski definition) is 2. The van der Waals surface area contributed by atoms with E-state index >= 15 is 0 Å². The molecule has 0 saturated heterocycles. The van der Waals surface area contributed by atoms with Crippen LogP contribution < -0.4 is 15.5 Å². The van der Waals surface area contributed by atoms with Crippen LogP contribution in [0.25, 0.3) is 0 Å². The molecule has 36 heavy (non-hydrogen) atoms. The van der Waals surface area contributed by atoms with Crippen LogP contribution in [-0.4, -0.2) is 29.8 Å². The Balaban J connectivity index is 2.03. The van der Waals surface area contributed by atoms with E-state index in [1.807, 2.05) is 64.1 Å². The summed E-state index contributed by atoms with van der Waals surface area (Å²) in [7, 11) is 0. The Hall–Kier alpha value is -3.87. The Morgan fingerprint density at radius 1 is 0.917 bits per heavy atom. The lowest BCUT2D eigenvalue weighted by Crippen LogP contribution is -2.51. The van der Waals surface area contributed by atoms with E-state index in [1.54, 1.807) is 18.2 Å². The van der Waals surface area contributed by atoms with Crippen molar-refractivity contribution in [2.45, 2.75) is 59.0 Å². The van der Waals surface area contributed by atoms with E-state index in [0.29, 0.717) is 17.2 Å². The first-order valence-electron chi connectivity index (χ1n) is 12.1. The monoisotopic (exact) mass is 489 g/mol. The zero-order valence-electron chi connectivity index (χ0n) is 21.8. The van der Waals surface area contributed by atoms with E-state index in [1.165, 1.54) is 17.2 Å². The van der Waals surface area contributed by atoms with Gasteiger partial charge >= 0.3 is 0 Å². The van der Waals surface area contributed by atoms with Gasteiger partial charge in [0.1, 0.15) is 6.04 Å². The molecule has 1 aromatic heterocycles. The number of benzene rings is 2. The summed E-state index contributed by atoms with van der Waals surface area (Å²) in [6.45, 7) is 11.5. The van der Waals surface area contributed by atoms with Gasteiger partial charge in [0.05, 0.1) is 12.8 Å². The average Bonchev–Trinajstić information content (AvgIpc) is 3.35. The molecule has 0 saturated carbocycles. The second kappa shape index (κ2) is 11.2. The number of carbonyl (C=O) groups is 3. The van der Waals surface area contributed by atoms with Crippen LogP contribution in [0.4, 0.5) is 5.69 Å². The molecule has 0 fully saturated rings. The van der Waals surface area contributed by atoms with Crippen molar-refractivity contribution in [2.75, 3.05) is 11.4 Å². The van der Waals surface area contributed by atoms with Gasteiger partial charge in [-0.2, -0.15) is 0 Å². The van der Waals surface area contributed by atoms with Crippen LogP contribution in [-0.2, 0) is 9.59 Å². The quantitative estimate of drug-likeness (QED) is 0.459. The smallest absolute Gasteiger partial charge is 0.287 e. The van der Waals surface area contributed by atoms with Crippen LogP contribution in [0.2, 0.25) is 0 Å². The highest BCUT2D eigenvalue weighted by Crippen LogP contribution is 2.30. The number of carbonyl (C=O) groups excluding carboxylic acids is 3. The third-order valence-electron chi connectivity index (χ3n) is 5.65. The number of anilines is 1. The number of nitrogens with one attached hydrogen (secondary N) is 2. The fourth-order valence-electron chi connectivity index (χ4n) is 3.80. The molecular weight excluding hydrogens is 454 g/mol. The molecular formula is C29H35N3O4. The topological polar surface area (TPSA) is 91.7 Å². The van der Waals surface area contributed by atoms with Crippen LogP contribution in [0.15, 0.2) is 71.3 Å². The minimum atomic E-state index is -0.943. The molecule has 190 valence electrons. The van der Waals surface area contributed by atoms with E-state index in [4.69, 9.17) is 4.42 Å². The molecule has 0 spiro atoms. The molecule has 1 atom stereocenters. The van der Waals surface area contributed by atoms with Gasteiger partial charge in [-0.1, -0.05) is 55.8 Å². The molecule has 1 unspecified atom stereocenters. The number of rotatable bonds is 8. The molecule has 3 aromatic rings. The van der Waals surface area contributed by atoms with Crippen molar-refractivity contribution in [3.8, 4) is 0 Å². The molecule has 2 aromatic carbocycles. The third kappa shape index (κ3) is 6.84. The highest BCUT2D eigenvalue weighted by atomic mass is 16.3.